The molecule has 0 heterocycles. The second-order valence-electron chi connectivity index (χ2n) is 1.18. The Morgan fingerprint density at radius 1 is 1.29 bits per heavy atom. The average molecular weight is 98.2 g/mol. The topological polar surface area (TPSA) is 0 Å². The van der Waals surface area contributed by atoms with Crippen molar-refractivity contribution in [1.29, 1.82) is 0 Å². The highest BCUT2D eigenvalue weighted by atomic mass is 13.8. The Morgan fingerprint density at radius 2 is 1.71 bits per heavy atom. The van der Waals surface area contributed by atoms with Crippen molar-refractivity contribution >= 4 is 0 Å². The normalized spacial score (nSPS) is 21.1. The highest BCUT2D eigenvalue weighted by Crippen LogP contribution is 1.93. The molecule has 0 aliphatic rings. The number of allylic oxidation sites excluding steroid dienone is 2. The van der Waals surface area contributed by atoms with Crippen LogP contribution >= 0.6 is 0 Å². The molecule has 0 amide bonds. The minimum atomic E-state index is -0.314. The van der Waals surface area contributed by atoms with Gasteiger partial charge in [0.05, 0.1) is 0 Å². The van der Waals surface area contributed by atoms with Crippen molar-refractivity contribution in [2.75, 3.05) is 0 Å². The predicted molar refractivity (Wildman–Crippen MR) is 34.2 cm³/mol. The van der Waals surface area contributed by atoms with Gasteiger partial charge in [-0.15, -0.1) is 13.2 Å². The fourth-order valence-corrected chi connectivity index (χ4v) is 0.271. The summed E-state index contributed by atoms with van der Waals surface area (Å²) >= 11 is 0. The summed E-state index contributed by atoms with van der Waals surface area (Å²) < 4.78 is 14.3. The molecule has 0 radical (unpaired) electrons. The molecule has 2 atom stereocenters. The van der Waals surface area contributed by atoms with Gasteiger partial charge in [0.1, 0.15) is 0 Å². The van der Waals surface area contributed by atoms with Gasteiger partial charge in [0.25, 0.3) is 0 Å². The third-order valence-electron chi connectivity index (χ3n) is 0.605. The minimum Gasteiger partial charge on any atom is -0.103 e. The Labute approximate surface area is 48.4 Å². The van der Waals surface area contributed by atoms with Crippen LogP contribution in [-0.2, 0) is 0 Å². The van der Waals surface area contributed by atoms with E-state index in [4.69, 9.17) is 2.74 Å². The maximum absolute atomic E-state index is 7.17. The highest BCUT2D eigenvalue weighted by molar-refractivity contribution is 4.71. The summed E-state index contributed by atoms with van der Waals surface area (Å²) in [4.78, 5) is 0. The van der Waals surface area contributed by atoms with E-state index in [1.165, 1.54) is 12.2 Å². The monoisotopic (exact) mass is 98.1 g/mol. The van der Waals surface area contributed by atoms with Crippen LogP contribution in [0.5, 0.6) is 0 Å². The molecule has 0 fully saturated rings. The number of rotatable bonds is 4. The highest BCUT2D eigenvalue weighted by Gasteiger charge is 1.74. The molecule has 0 rings (SSSR count). The molecule has 0 heteroatoms. The Bertz CT molecular complexity index is 87.1. The van der Waals surface area contributed by atoms with E-state index in [1.54, 1.807) is 0 Å². The van der Waals surface area contributed by atoms with Crippen molar-refractivity contribution < 1.29 is 2.74 Å². The lowest BCUT2D eigenvalue weighted by Crippen LogP contribution is -1.64. The van der Waals surface area contributed by atoms with E-state index in [0.29, 0.717) is 6.42 Å². The lowest BCUT2D eigenvalue weighted by atomic mass is 10.2. The SMILES string of the molecule is [2H]C(C=C)CC([2H])C=C. The predicted octanol–water partition coefficient (Wildman–Crippen LogP) is 2.53. The summed E-state index contributed by atoms with van der Waals surface area (Å²) in [5.41, 5.74) is 0. The van der Waals surface area contributed by atoms with E-state index >= 15 is 0 Å². The molecule has 2 unspecified atom stereocenters. The van der Waals surface area contributed by atoms with Gasteiger partial charge in [0.2, 0.25) is 0 Å². The average Bonchev–Trinajstić information content (AvgIpc) is 1.87. The van der Waals surface area contributed by atoms with Gasteiger partial charge in [-0.25, -0.2) is 0 Å². The summed E-state index contributed by atoms with van der Waals surface area (Å²) in [6, 6.07) is 0. The first-order chi connectivity index (χ1) is 4.20. The maximum atomic E-state index is 7.17. The standard InChI is InChI=1S/C7H12/c1-3-5-7-6-4-2/h3-4H,1-2,5-7H2/i5D,6D. The van der Waals surface area contributed by atoms with E-state index in [1.807, 2.05) is 0 Å². The van der Waals surface area contributed by atoms with Gasteiger partial charge in [-0.3, -0.25) is 0 Å². The van der Waals surface area contributed by atoms with E-state index in [9.17, 15) is 0 Å². The van der Waals surface area contributed by atoms with Crippen molar-refractivity contribution in [3.05, 3.63) is 25.3 Å². The molecule has 0 aliphatic heterocycles. The Hall–Kier alpha value is -0.520. The molecule has 40 valence electrons. The summed E-state index contributed by atoms with van der Waals surface area (Å²) in [5, 5.41) is 0. The molecule has 0 N–H and O–H groups in total. The zero-order valence-corrected chi connectivity index (χ0v) is 4.43. The van der Waals surface area contributed by atoms with E-state index in [2.05, 4.69) is 13.2 Å². The van der Waals surface area contributed by atoms with Gasteiger partial charge in [0.15, 0.2) is 0 Å². The molecule has 0 aliphatic carbocycles. The van der Waals surface area contributed by atoms with Crippen molar-refractivity contribution in [3.8, 4) is 0 Å². The minimum absolute atomic E-state index is 0.314. The van der Waals surface area contributed by atoms with Gasteiger partial charge in [-0.2, -0.15) is 0 Å². The van der Waals surface area contributed by atoms with Crippen molar-refractivity contribution in [3.63, 3.8) is 0 Å². The van der Waals surface area contributed by atoms with Gasteiger partial charge in [-0.1, -0.05) is 12.2 Å². The summed E-state index contributed by atoms with van der Waals surface area (Å²) in [7, 11) is 0. The zero-order chi connectivity index (χ0) is 7.28. The second kappa shape index (κ2) is 5.48. The van der Waals surface area contributed by atoms with Crippen LogP contribution in [0, 0.1) is 0 Å². The van der Waals surface area contributed by atoms with E-state index < -0.39 is 0 Å². The van der Waals surface area contributed by atoms with Crippen LogP contribution in [-0.4, -0.2) is 0 Å². The van der Waals surface area contributed by atoms with E-state index in [0.717, 1.165) is 0 Å². The number of hydrogen-bond donors (Lipinski definition) is 0. The lowest BCUT2D eigenvalue weighted by molar-refractivity contribution is 0.871. The fraction of sp³-hybridized carbons (Fsp3) is 0.429. The molecule has 0 aromatic heterocycles. The van der Waals surface area contributed by atoms with Crippen LogP contribution < -0.4 is 0 Å². The first-order valence-corrected chi connectivity index (χ1v) is 2.30. The van der Waals surface area contributed by atoms with Gasteiger partial charge >= 0.3 is 0 Å². The first kappa shape index (κ1) is 3.48. The third-order valence-corrected chi connectivity index (χ3v) is 0.605. The van der Waals surface area contributed by atoms with Crippen LogP contribution in [0.25, 0.3) is 0 Å². The maximum Gasteiger partial charge on any atom is 0.0310 e. The Balaban J connectivity index is 3.45. The molecule has 0 bridgehead atoms. The lowest BCUT2D eigenvalue weighted by Gasteiger charge is -1.84. The van der Waals surface area contributed by atoms with Crippen LogP contribution in [0.3, 0.4) is 0 Å². The molecule has 0 spiro atoms. The third kappa shape index (κ3) is 5.48. The molecule has 7 heavy (non-hydrogen) atoms. The van der Waals surface area contributed by atoms with Gasteiger partial charge in [0, 0.05) is 2.74 Å². The van der Waals surface area contributed by atoms with Crippen molar-refractivity contribution in [2.45, 2.75) is 19.2 Å². The van der Waals surface area contributed by atoms with Gasteiger partial charge in [-0.05, 0) is 19.2 Å². The molecular weight excluding hydrogens is 84.1 g/mol. The smallest absolute Gasteiger partial charge is 0.0310 e. The molecule has 0 nitrogen and oxygen atoms in total. The summed E-state index contributed by atoms with van der Waals surface area (Å²) in [5.74, 6) is 0. The van der Waals surface area contributed by atoms with Crippen LogP contribution in [0.15, 0.2) is 25.3 Å². The molecule has 0 saturated heterocycles. The molecule has 0 saturated carbocycles. The van der Waals surface area contributed by atoms with Crippen LogP contribution in [0.2, 0.25) is 0 Å². The molecular formula is C7H12. The second-order valence-corrected chi connectivity index (χ2v) is 1.18. The van der Waals surface area contributed by atoms with Crippen molar-refractivity contribution in [2.24, 2.45) is 0 Å². The van der Waals surface area contributed by atoms with Gasteiger partial charge < -0.3 is 0 Å². The Morgan fingerprint density at radius 3 is 2.00 bits per heavy atom. The van der Waals surface area contributed by atoms with Crippen LogP contribution in [0.1, 0.15) is 22.0 Å². The molecule has 0 aromatic rings. The van der Waals surface area contributed by atoms with Crippen molar-refractivity contribution in [1.82, 2.24) is 0 Å². The first-order valence-electron chi connectivity index (χ1n) is 3.45. The summed E-state index contributed by atoms with van der Waals surface area (Å²) in [6.07, 6.45) is 2.94. The largest absolute Gasteiger partial charge is 0.103 e. The zero-order valence-electron chi connectivity index (χ0n) is 6.43. The Kier molecular flexibility index (Phi) is 2.72. The fourth-order valence-electron chi connectivity index (χ4n) is 0.271. The summed E-state index contributed by atoms with van der Waals surface area (Å²) in [6.45, 7) is 6.89. The van der Waals surface area contributed by atoms with E-state index in [-0.39, 0.29) is 12.8 Å². The van der Waals surface area contributed by atoms with Crippen LogP contribution in [0.4, 0.5) is 0 Å². The quantitative estimate of drug-likeness (QED) is 0.474. The molecule has 0 aromatic carbocycles. The number of hydrogen-bond acceptors (Lipinski definition) is 0.